The predicted octanol–water partition coefficient (Wildman–Crippen LogP) is 1.69. The highest BCUT2D eigenvalue weighted by atomic mass is 79.9. The average Bonchev–Trinajstić information content (AvgIpc) is 1.59. The number of nitrogens with zero attached hydrogens (tertiary/aromatic N) is 1. The van der Waals surface area contributed by atoms with Crippen LogP contribution < -0.4 is 5.84 Å². The van der Waals surface area contributed by atoms with Gasteiger partial charge in [0.2, 0.25) is 0 Å². The van der Waals surface area contributed by atoms with Crippen LogP contribution in [0, 0.1) is 0 Å². The van der Waals surface area contributed by atoms with Crippen LogP contribution in [0.3, 0.4) is 0 Å². The molecule has 0 saturated heterocycles. The molecule has 0 atom stereocenters. The molecule has 1 aliphatic heterocycles. The highest BCUT2D eigenvalue weighted by Gasteiger charge is 2.03. The van der Waals surface area contributed by atoms with E-state index in [1.54, 1.807) is 5.01 Å². The van der Waals surface area contributed by atoms with Gasteiger partial charge in [-0.05, 0) is 22.0 Å². The van der Waals surface area contributed by atoms with Crippen molar-refractivity contribution < 1.29 is 0 Å². The Morgan fingerprint density at radius 3 is 2.67 bits per heavy atom. The molecule has 0 aromatic carbocycles. The van der Waals surface area contributed by atoms with Crippen LogP contribution in [0.4, 0.5) is 0 Å². The third-order valence-corrected chi connectivity index (χ3v) is 1.83. The first-order valence-corrected chi connectivity index (χ1v) is 4.02. The summed E-state index contributed by atoms with van der Waals surface area (Å²) in [7, 11) is 0. The van der Waals surface area contributed by atoms with Crippen molar-refractivity contribution in [3.63, 3.8) is 0 Å². The van der Waals surface area contributed by atoms with E-state index in [0.717, 1.165) is 15.5 Å². The quantitative estimate of drug-likeness (QED) is 0.666. The predicted molar refractivity (Wildman–Crippen MR) is 44.9 cm³/mol. The topological polar surface area (TPSA) is 29.3 Å². The number of hydrogen-bond acceptors (Lipinski definition) is 2. The molecule has 1 rings (SSSR count). The molecule has 0 radical (unpaired) electrons. The lowest BCUT2D eigenvalue weighted by atomic mass is 10.4. The smallest absolute Gasteiger partial charge is 0.0651 e. The normalized spacial score (nSPS) is 19.2. The standard InChI is InChI=1S/C5H6Br2N2/c6-4-1-5(7)3-9(8)2-4/h1-2H,3,8H2. The fourth-order valence-electron chi connectivity index (χ4n) is 0.611. The van der Waals surface area contributed by atoms with Crippen molar-refractivity contribution in [3.05, 3.63) is 21.2 Å². The van der Waals surface area contributed by atoms with Crippen molar-refractivity contribution in [1.29, 1.82) is 0 Å². The van der Waals surface area contributed by atoms with Crippen LogP contribution in [0.25, 0.3) is 0 Å². The largest absolute Gasteiger partial charge is 0.312 e. The van der Waals surface area contributed by atoms with Crippen LogP contribution >= 0.6 is 31.9 Å². The molecule has 0 fully saturated rings. The molecular weight excluding hydrogens is 248 g/mol. The summed E-state index contributed by atoms with van der Waals surface area (Å²) in [5, 5.41) is 1.61. The van der Waals surface area contributed by atoms with Gasteiger partial charge < -0.3 is 5.01 Å². The number of hydrogen-bond donors (Lipinski definition) is 1. The molecule has 0 saturated carbocycles. The Kier molecular flexibility index (Phi) is 2.32. The van der Waals surface area contributed by atoms with Gasteiger partial charge in [0.05, 0.1) is 6.54 Å². The van der Waals surface area contributed by atoms with E-state index in [4.69, 9.17) is 5.84 Å². The monoisotopic (exact) mass is 252 g/mol. The second-order valence-corrected chi connectivity index (χ2v) is 3.71. The number of allylic oxidation sites excluding steroid dienone is 2. The fraction of sp³-hybridized carbons (Fsp3) is 0.200. The van der Waals surface area contributed by atoms with Gasteiger partial charge >= 0.3 is 0 Å². The van der Waals surface area contributed by atoms with Crippen molar-refractivity contribution in [3.8, 4) is 0 Å². The molecule has 9 heavy (non-hydrogen) atoms. The first-order chi connectivity index (χ1) is 4.18. The lowest BCUT2D eigenvalue weighted by molar-refractivity contribution is 0.431. The molecule has 50 valence electrons. The van der Waals surface area contributed by atoms with E-state index in [9.17, 15) is 0 Å². The Morgan fingerprint density at radius 1 is 1.56 bits per heavy atom. The second kappa shape index (κ2) is 2.86. The van der Waals surface area contributed by atoms with Gasteiger partial charge in [-0.25, -0.2) is 5.84 Å². The van der Waals surface area contributed by atoms with E-state index in [2.05, 4.69) is 31.9 Å². The Bertz CT molecular complexity index is 174. The molecule has 1 heterocycles. The number of halogens is 2. The summed E-state index contributed by atoms with van der Waals surface area (Å²) in [6.45, 7) is 0.745. The van der Waals surface area contributed by atoms with Crippen LogP contribution in [0.15, 0.2) is 21.2 Å². The zero-order chi connectivity index (χ0) is 6.85. The molecule has 0 aromatic heterocycles. The Labute approximate surface area is 70.6 Å². The molecule has 2 nitrogen and oxygen atoms in total. The minimum absolute atomic E-state index is 0.745. The van der Waals surface area contributed by atoms with Gasteiger partial charge in [0.1, 0.15) is 0 Å². The molecule has 0 spiro atoms. The maximum Gasteiger partial charge on any atom is 0.0651 e. The molecule has 2 N–H and O–H groups in total. The van der Waals surface area contributed by atoms with Crippen LogP contribution in [0.1, 0.15) is 0 Å². The SMILES string of the molecule is NN1C=C(Br)C=C(Br)C1. The minimum Gasteiger partial charge on any atom is -0.312 e. The third-order valence-electron chi connectivity index (χ3n) is 0.917. The van der Waals surface area contributed by atoms with Gasteiger partial charge in [-0.15, -0.1) is 0 Å². The fourth-order valence-corrected chi connectivity index (χ4v) is 1.99. The summed E-state index contributed by atoms with van der Waals surface area (Å²) in [6.07, 6.45) is 3.80. The second-order valence-electron chi connectivity index (χ2n) is 1.78. The van der Waals surface area contributed by atoms with Gasteiger partial charge in [0.15, 0.2) is 0 Å². The van der Waals surface area contributed by atoms with Gasteiger partial charge in [0, 0.05) is 15.2 Å². The summed E-state index contributed by atoms with van der Waals surface area (Å²) >= 11 is 6.64. The molecule has 0 unspecified atom stereocenters. The van der Waals surface area contributed by atoms with E-state index < -0.39 is 0 Å². The van der Waals surface area contributed by atoms with Crippen molar-refractivity contribution in [1.82, 2.24) is 5.01 Å². The Hall–Kier alpha value is 0.200. The average molecular weight is 254 g/mol. The summed E-state index contributed by atoms with van der Waals surface area (Å²) in [5.41, 5.74) is 0. The maximum absolute atomic E-state index is 5.47. The van der Waals surface area contributed by atoms with Gasteiger partial charge in [-0.3, -0.25) is 0 Å². The van der Waals surface area contributed by atoms with Gasteiger partial charge in [-0.2, -0.15) is 0 Å². The molecule has 1 aliphatic rings. The summed E-state index contributed by atoms with van der Waals surface area (Å²) in [6, 6.07) is 0. The highest BCUT2D eigenvalue weighted by Crippen LogP contribution is 2.19. The first kappa shape index (κ1) is 7.31. The molecular formula is C5H6Br2N2. The summed E-state index contributed by atoms with van der Waals surface area (Å²) in [4.78, 5) is 0. The summed E-state index contributed by atoms with van der Waals surface area (Å²) < 4.78 is 2.07. The van der Waals surface area contributed by atoms with E-state index >= 15 is 0 Å². The van der Waals surface area contributed by atoms with Gasteiger partial charge in [0.25, 0.3) is 0 Å². The molecule has 0 aliphatic carbocycles. The van der Waals surface area contributed by atoms with Crippen molar-refractivity contribution in [2.45, 2.75) is 0 Å². The molecule has 0 aromatic rings. The van der Waals surface area contributed by atoms with Crippen LogP contribution in [0.2, 0.25) is 0 Å². The number of hydrazine groups is 1. The van der Waals surface area contributed by atoms with E-state index in [-0.39, 0.29) is 0 Å². The molecule has 4 heteroatoms. The van der Waals surface area contributed by atoms with Crippen molar-refractivity contribution in [2.24, 2.45) is 5.84 Å². The lowest BCUT2D eigenvalue weighted by Crippen LogP contribution is -2.28. The number of rotatable bonds is 0. The molecule has 0 bridgehead atoms. The van der Waals surface area contributed by atoms with Crippen molar-refractivity contribution in [2.75, 3.05) is 6.54 Å². The molecule has 0 amide bonds. The van der Waals surface area contributed by atoms with Gasteiger partial charge in [-0.1, -0.05) is 15.9 Å². The van der Waals surface area contributed by atoms with E-state index in [1.807, 2.05) is 12.3 Å². The number of nitrogens with two attached hydrogens (primary N) is 1. The van der Waals surface area contributed by atoms with Crippen LogP contribution in [-0.2, 0) is 0 Å². The Balaban J connectivity index is 2.74. The van der Waals surface area contributed by atoms with E-state index in [1.165, 1.54) is 0 Å². The Morgan fingerprint density at radius 2 is 2.22 bits per heavy atom. The zero-order valence-electron chi connectivity index (χ0n) is 4.64. The lowest BCUT2D eigenvalue weighted by Gasteiger charge is -2.17. The van der Waals surface area contributed by atoms with Crippen molar-refractivity contribution >= 4 is 31.9 Å². The van der Waals surface area contributed by atoms with Crippen LogP contribution in [0.5, 0.6) is 0 Å². The summed E-state index contributed by atoms with van der Waals surface area (Å²) in [5.74, 6) is 5.47. The highest BCUT2D eigenvalue weighted by molar-refractivity contribution is 9.12. The first-order valence-electron chi connectivity index (χ1n) is 2.43. The van der Waals surface area contributed by atoms with E-state index in [0.29, 0.717) is 0 Å². The minimum atomic E-state index is 0.745. The van der Waals surface area contributed by atoms with Crippen LogP contribution in [-0.4, -0.2) is 11.6 Å². The third kappa shape index (κ3) is 2.12. The maximum atomic E-state index is 5.47. The zero-order valence-corrected chi connectivity index (χ0v) is 7.81.